The van der Waals surface area contributed by atoms with Crippen LogP contribution in [0, 0.1) is 24.8 Å². The van der Waals surface area contributed by atoms with Crippen molar-refractivity contribution in [3.8, 4) is 22.5 Å². The average molecular weight is 742 g/mol. The molecule has 0 aliphatic rings. The van der Waals surface area contributed by atoms with Gasteiger partial charge in [-0.1, -0.05) is 69.7 Å². The fourth-order valence-electron chi connectivity index (χ4n) is 4.27. The van der Waals surface area contributed by atoms with Gasteiger partial charge in [-0.05, 0) is 46.1 Å². The van der Waals surface area contributed by atoms with E-state index < -0.39 is 26.6 Å². The summed E-state index contributed by atoms with van der Waals surface area (Å²) in [5.41, 5.74) is 4.67. The first kappa shape index (κ1) is 25.2. The summed E-state index contributed by atoms with van der Waals surface area (Å²) in [6, 6.07) is 23.3. The maximum Gasteiger partial charge on any atom is 0.216 e. The summed E-state index contributed by atoms with van der Waals surface area (Å²) < 4.78 is 50.3. The standard InChI is InChI=1S/C19H14FN2O.C15H18NSi.Ir/c1-11(2)12-7-9-21-16(10-12)13-5-6-15(20)17-14-4-3-8-22-19(14)23-18(13)17;1-12-5-7-13(8-6-12)15-10-9-14(11-16-15)17(2,3)4;/h3-4,6-11H,1-2H3;5-7,9-11H,1-4H3;/q2*-1;/i11D;1D3;. The van der Waals surface area contributed by atoms with Gasteiger partial charge in [-0.15, -0.1) is 47.5 Å². The molecule has 0 atom stereocenters. The van der Waals surface area contributed by atoms with E-state index in [1.54, 1.807) is 56.6 Å². The van der Waals surface area contributed by atoms with Crippen molar-refractivity contribution in [3.63, 3.8) is 0 Å². The molecule has 4 heterocycles. The number of rotatable bonds is 4. The maximum absolute atomic E-state index is 14.3. The molecule has 0 saturated heterocycles. The van der Waals surface area contributed by atoms with Crippen LogP contribution >= 0.6 is 0 Å². The van der Waals surface area contributed by atoms with Gasteiger partial charge in [0, 0.05) is 55.4 Å². The number of nitrogens with zero attached hydrogens (tertiary/aromatic N) is 3. The largest absolute Gasteiger partial charge is 0.486 e. The average Bonchev–Trinajstić information content (AvgIpc) is 3.37. The monoisotopic (exact) mass is 742 g/mol. The van der Waals surface area contributed by atoms with Gasteiger partial charge < -0.3 is 14.4 Å². The quantitative estimate of drug-likeness (QED) is 0.134. The third kappa shape index (κ3) is 6.70. The molecule has 2 aromatic carbocycles. The van der Waals surface area contributed by atoms with Crippen molar-refractivity contribution in [2.75, 3.05) is 0 Å². The van der Waals surface area contributed by atoms with Gasteiger partial charge in [-0.25, -0.2) is 4.98 Å². The van der Waals surface area contributed by atoms with Crippen molar-refractivity contribution >= 4 is 35.3 Å². The molecule has 1 radical (unpaired) electrons. The summed E-state index contributed by atoms with van der Waals surface area (Å²) in [5.74, 6) is -1.16. The van der Waals surface area contributed by atoms with Gasteiger partial charge in [-0.3, -0.25) is 4.39 Å². The molecule has 4 aromatic heterocycles. The first-order valence-electron chi connectivity index (χ1n) is 15.0. The molecule has 211 valence electrons. The Morgan fingerprint density at radius 3 is 2.44 bits per heavy atom. The van der Waals surface area contributed by atoms with Crippen LogP contribution in [0.25, 0.3) is 44.6 Å². The molecule has 0 fully saturated rings. The summed E-state index contributed by atoms with van der Waals surface area (Å²) in [6.07, 6.45) is 5.17. The zero-order chi connectivity index (χ0) is 31.9. The fraction of sp³-hybridized carbons (Fsp3) is 0.206. The summed E-state index contributed by atoms with van der Waals surface area (Å²) in [5, 5.41) is 2.31. The molecule has 0 N–H and O–H groups in total. The molecule has 0 amide bonds. The maximum atomic E-state index is 14.3. The van der Waals surface area contributed by atoms with E-state index in [1.807, 2.05) is 18.3 Å². The summed E-state index contributed by atoms with van der Waals surface area (Å²) in [7, 11) is -1.34. The van der Waals surface area contributed by atoms with E-state index >= 15 is 0 Å². The van der Waals surface area contributed by atoms with E-state index in [2.05, 4.69) is 52.8 Å². The van der Waals surface area contributed by atoms with E-state index in [0.29, 0.717) is 38.9 Å². The van der Waals surface area contributed by atoms with Crippen molar-refractivity contribution in [2.24, 2.45) is 0 Å². The van der Waals surface area contributed by atoms with Crippen LogP contribution in [-0.2, 0) is 20.1 Å². The molecule has 6 aromatic rings. The third-order valence-corrected chi connectivity index (χ3v) is 8.61. The minimum absolute atomic E-state index is 0. The van der Waals surface area contributed by atoms with Crippen LogP contribution in [0.15, 0.2) is 83.7 Å². The predicted octanol–water partition coefficient (Wildman–Crippen LogP) is 8.51. The minimum Gasteiger partial charge on any atom is -0.486 e. The van der Waals surface area contributed by atoms with Crippen LogP contribution in [0.2, 0.25) is 19.6 Å². The van der Waals surface area contributed by atoms with Gasteiger partial charge >= 0.3 is 0 Å². The Balaban J connectivity index is 0.000000204. The van der Waals surface area contributed by atoms with Crippen molar-refractivity contribution in [1.29, 1.82) is 0 Å². The predicted molar refractivity (Wildman–Crippen MR) is 164 cm³/mol. The van der Waals surface area contributed by atoms with E-state index in [4.69, 9.17) is 9.90 Å². The topological polar surface area (TPSA) is 51.8 Å². The number of fused-ring (bicyclic) bond motifs is 3. The van der Waals surface area contributed by atoms with E-state index in [1.165, 1.54) is 17.3 Å². The van der Waals surface area contributed by atoms with Gasteiger partial charge in [0.2, 0.25) is 5.71 Å². The molecule has 7 heteroatoms. The van der Waals surface area contributed by atoms with E-state index in [9.17, 15) is 4.39 Å². The zero-order valence-corrected chi connectivity index (χ0v) is 26.9. The summed E-state index contributed by atoms with van der Waals surface area (Å²) in [4.78, 5) is 13.0. The minimum atomic E-state index is -2.08. The zero-order valence-electron chi connectivity index (χ0n) is 27.5. The fourth-order valence-corrected chi connectivity index (χ4v) is 5.30. The van der Waals surface area contributed by atoms with Gasteiger partial charge in [0.15, 0.2) is 0 Å². The summed E-state index contributed by atoms with van der Waals surface area (Å²) in [6.45, 7) is 8.37. The Bertz CT molecular complexity index is 1880. The number of aromatic nitrogens is 3. The number of aryl methyl sites for hydroxylation is 1. The van der Waals surface area contributed by atoms with Crippen LogP contribution in [0.3, 0.4) is 0 Å². The van der Waals surface area contributed by atoms with Gasteiger partial charge in [-0.2, -0.15) is 0 Å². The summed E-state index contributed by atoms with van der Waals surface area (Å²) >= 11 is 0. The number of benzene rings is 2. The van der Waals surface area contributed by atoms with Gasteiger partial charge in [0.25, 0.3) is 0 Å². The second-order valence-corrected chi connectivity index (χ2v) is 15.9. The smallest absolute Gasteiger partial charge is 0.216 e. The number of hydrogen-bond acceptors (Lipinski definition) is 4. The van der Waals surface area contributed by atoms with Gasteiger partial charge in [0.1, 0.15) is 0 Å². The number of halogens is 1. The van der Waals surface area contributed by atoms with Crippen molar-refractivity contribution in [3.05, 3.63) is 108 Å². The first-order valence-corrected chi connectivity index (χ1v) is 16.5. The van der Waals surface area contributed by atoms with E-state index in [-0.39, 0.29) is 20.1 Å². The normalized spacial score (nSPS) is 13.3. The molecule has 4 nitrogen and oxygen atoms in total. The van der Waals surface area contributed by atoms with E-state index in [0.717, 1.165) is 16.8 Å². The van der Waals surface area contributed by atoms with Crippen LogP contribution < -0.4 is 5.19 Å². The van der Waals surface area contributed by atoms with Crippen LogP contribution in [-0.4, -0.2) is 23.0 Å². The molecule has 0 unspecified atom stereocenters. The molecule has 0 bridgehead atoms. The molecule has 6 rings (SSSR count). The van der Waals surface area contributed by atoms with Gasteiger partial charge in [0.05, 0.1) is 13.7 Å². The Morgan fingerprint density at radius 1 is 0.951 bits per heavy atom. The van der Waals surface area contributed by atoms with Crippen LogP contribution in [0.1, 0.15) is 36.4 Å². The Labute approximate surface area is 261 Å². The van der Waals surface area contributed by atoms with Crippen LogP contribution in [0.5, 0.6) is 0 Å². The second kappa shape index (κ2) is 12.6. The molecule has 41 heavy (non-hydrogen) atoms. The Hall–Kier alpha value is -3.51. The SMILES string of the molecule is [2H]C(C)(C)c1ccnc(-c2[c-]cc(F)c3c2oc2ncccc23)c1.[2H]C([2H])([2H])c1c[c-]c(-c2ccc([Si](C)(C)C)cn2)cc1.[Ir]. The number of furan rings is 1. The molecule has 0 spiro atoms. The molecule has 0 aliphatic carbocycles. The molecular weight excluding hydrogens is 706 g/mol. The Morgan fingerprint density at radius 2 is 1.78 bits per heavy atom. The Kier molecular flexibility index (Phi) is 7.72. The number of hydrogen-bond donors (Lipinski definition) is 0. The van der Waals surface area contributed by atoms with Crippen molar-refractivity contribution in [2.45, 2.75) is 46.2 Å². The molecule has 0 saturated carbocycles. The van der Waals surface area contributed by atoms with Crippen LogP contribution in [0.4, 0.5) is 4.39 Å². The first-order chi connectivity index (χ1) is 20.6. The third-order valence-electron chi connectivity index (χ3n) is 6.59. The van der Waals surface area contributed by atoms with Crippen molar-refractivity contribution in [1.82, 2.24) is 15.0 Å². The number of pyridine rings is 3. The molecule has 0 aliphatic heterocycles. The van der Waals surface area contributed by atoms with Crippen molar-refractivity contribution < 1.29 is 34.4 Å². The second-order valence-electron chi connectivity index (χ2n) is 10.8. The molecular formula is C34H32FIrN3OSi-2.